The fourth-order valence-corrected chi connectivity index (χ4v) is 6.25. The average Bonchev–Trinajstić information content (AvgIpc) is 3.36. The van der Waals surface area contributed by atoms with E-state index in [2.05, 4.69) is 41.0 Å². The van der Waals surface area contributed by atoms with Gasteiger partial charge in [0, 0.05) is 44.1 Å². The number of ether oxygens (including phenoxy) is 1. The zero-order valence-electron chi connectivity index (χ0n) is 17.9. The second-order valence-electron chi connectivity index (χ2n) is 9.97. The van der Waals surface area contributed by atoms with Crippen LogP contribution in [0.25, 0.3) is 0 Å². The molecule has 0 N–H and O–H groups in total. The first-order valence-corrected chi connectivity index (χ1v) is 11.9. The zero-order valence-corrected chi connectivity index (χ0v) is 17.9. The molecule has 2 saturated heterocycles. The Bertz CT molecular complexity index is 713. The van der Waals surface area contributed by atoms with Gasteiger partial charge < -0.3 is 14.5 Å². The van der Waals surface area contributed by atoms with Crippen LogP contribution < -0.4 is 4.90 Å². The maximum atomic E-state index is 13.5. The van der Waals surface area contributed by atoms with Crippen molar-refractivity contribution in [2.45, 2.75) is 76.3 Å². The molecule has 5 rings (SSSR count). The number of carbonyl (C=O) groups excluding carboxylic acids is 1. The molecule has 1 aliphatic carbocycles. The Morgan fingerprint density at radius 1 is 0.966 bits per heavy atom. The van der Waals surface area contributed by atoms with Gasteiger partial charge in [0.05, 0.1) is 5.92 Å². The Balaban J connectivity index is 1.27. The first-order chi connectivity index (χ1) is 14.2. The highest BCUT2D eigenvalue weighted by Crippen LogP contribution is 2.44. The van der Waals surface area contributed by atoms with Crippen molar-refractivity contribution in [2.24, 2.45) is 11.8 Å². The van der Waals surface area contributed by atoms with Gasteiger partial charge in [0.1, 0.15) is 0 Å². The van der Waals surface area contributed by atoms with Crippen LogP contribution in [0, 0.1) is 11.8 Å². The van der Waals surface area contributed by atoms with Gasteiger partial charge >= 0.3 is 0 Å². The van der Waals surface area contributed by atoms with E-state index in [4.69, 9.17) is 4.74 Å². The number of piperidine rings is 1. The van der Waals surface area contributed by atoms with Crippen molar-refractivity contribution in [2.75, 3.05) is 31.2 Å². The monoisotopic (exact) mass is 396 g/mol. The molecule has 1 aromatic carbocycles. The third-order valence-electron chi connectivity index (χ3n) is 8.07. The number of amides is 1. The largest absolute Gasteiger partial charge is 0.381 e. The highest BCUT2D eigenvalue weighted by molar-refractivity contribution is 6.05. The summed E-state index contributed by atoms with van der Waals surface area (Å²) >= 11 is 0. The maximum absolute atomic E-state index is 13.5. The SMILES string of the molecule is CC1CCC(N2CCC(N3C(=O)C(CC4CCOC4)c4ccccc43)CC2)CC1. The van der Waals surface area contributed by atoms with E-state index in [1.54, 1.807) is 0 Å². The smallest absolute Gasteiger partial charge is 0.234 e. The zero-order chi connectivity index (χ0) is 19.8. The molecule has 1 saturated carbocycles. The minimum atomic E-state index is 0.0377. The molecular formula is C25H36N2O2. The van der Waals surface area contributed by atoms with E-state index >= 15 is 0 Å². The van der Waals surface area contributed by atoms with Crippen molar-refractivity contribution in [1.29, 1.82) is 0 Å². The topological polar surface area (TPSA) is 32.8 Å². The van der Waals surface area contributed by atoms with E-state index in [1.807, 2.05) is 0 Å². The minimum absolute atomic E-state index is 0.0377. The van der Waals surface area contributed by atoms with Crippen molar-refractivity contribution >= 4 is 11.6 Å². The molecule has 158 valence electrons. The van der Waals surface area contributed by atoms with E-state index in [0.29, 0.717) is 17.9 Å². The van der Waals surface area contributed by atoms with Crippen LogP contribution >= 0.6 is 0 Å². The van der Waals surface area contributed by atoms with E-state index in [0.717, 1.165) is 63.9 Å². The molecule has 0 spiro atoms. The van der Waals surface area contributed by atoms with Crippen LogP contribution in [-0.2, 0) is 9.53 Å². The molecule has 3 aliphatic heterocycles. The average molecular weight is 397 g/mol. The summed E-state index contributed by atoms with van der Waals surface area (Å²) in [6.45, 7) is 6.38. The van der Waals surface area contributed by atoms with Crippen molar-refractivity contribution in [3.63, 3.8) is 0 Å². The van der Waals surface area contributed by atoms with Crippen molar-refractivity contribution in [1.82, 2.24) is 4.90 Å². The predicted octanol–water partition coefficient (Wildman–Crippen LogP) is 4.59. The lowest BCUT2D eigenvalue weighted by molar-refractivity contribution is -0.120. The summed E-state index contributed by atoms with van der Waals surface area (Å²) in [6, 6.07) is 9.70. The summed E-state index contributed by atoms with van der Waals surface area (Å²) in [4.78, 5) is 18.5. The fraction of sp³-hybridized carbons (Fsp3) is 0.720. The molecule has 1 amide bonds. The lowest BCUT2D eigenvalue weighted by Gasteiger charge is -2.42. The molecule has 4 nitrogen and oxygen atoms in total. The van der Waals surface area contributed by atoms with Crippen LogP contribution in [0.15, 0.2) is 24.3 Å². The number of rotatable bonds is 4. The molecule has 0 bridgehead atoms. The number of carbonyl (C=O) groups is 1. The number of fused-ring (bicyclic) bond motifs is 1. The fourth-order valence-electron chi connectivity index (χ4n) is 6.25. The van der Waals surface area contributed by atoms with Gasteiger partial charge in [-0.2, -0.15) is 0 Å². The van der Waals surface area contributed by atoms with Crippen molar-refractivity contribution < 1.29 is 9.53 Å². The first kappa shape index (κ1) is 19.6. The Morgan fingerprint density at radius 3 is 2.45 bits per heavy atom. The number of hydrogen-bond acceptors (Lipinski definition) is 3. The number of benzene rings is 1. The summed E-state index contributed by atoms with van der Waals surface area (Å²) in [7, 11) is 0. The summed E-state index contributed by atoms with van der Waals surface area (Å²) in [5.41, 5.74) is 2.44. The van der Waals surface area contributed by atoms with Crippen LogP contribution in [0.3, 0.4) is 0 Å². The van der Waals surface area contributed by atoms with Gasteiger partial charge in [-0.1, -0.05) is 25.1 Å². The summed E-state index contributed by atoms with van der Waals surface area (Å²) in [5.74, 6) is 1.83. The van der Waals surface area contributed by atoms with E-state index < -0.39 is 0 Å². The quantitative estimate of drug-likeness (QED) is 0.746. The number of para-hydroxylation sites is 1. The molecular weight excluding hydrogens is 360 g/mol. The number of likely N-dealkylation sites (tertiary alicyclic amines) is 1. The van der Waals surface area contributed by atoms with Crippen molar-refractivity contribution in [3.05, 3.63) is 29.8 Å². The normalized spacial score (nSPS) is 34.0. The minimum Gasteiger partial charge on any atom is -0.381 e. The number of hydrogen-bond donors (Lipinski definition) is 0. The summed E-state index contributed by atoms with van der Waals surface area (Å²) in [5, 5.41) is 0. The van der Waals surface area contributed by atoms with Crippen molar-refractivity contribution in [3.8, 4) is 0 Å². The van der Waals surface area contributed by atoms with Gasteiger partial charge in [-0.15, -0.1) is 0 Å². The lowest BCUT2D eigenvalue weighted by Crippen LogP contribution is -2.50. The van der Waals surface area contributed by atoms with Crippen LogP contribution in [0.1, 0.15) is 69.8 Å². The van der Waals surface area contributed by atoms with Crippen LogP contribution in [0.2, 0.25) is 0 Å². The predicted molar refractivity (Wildman–Crippen MR) is 116 cm³/mol. The number of nitrogens with zero attached hydrogens (tertiary/aromatic N) is 2. The summed E-state index contributed by atoms with van der Waals surface area (Å²) < 4.78 is 5.58. The third kappa shape index (κ3) is 3.86. The molecule has 0 aromatic heterocycles. The number of anilines is 1. The molecule has 29 heavy (non-hydrogen) atoms. The van der Waals surface area contributed by atoms with Gasteiger partial charge in [-0.05, 0) is 74.8 Å². The van der Waals surface area contributed by atoms with Gasteiger partial charge in [0.15, 0.2) is 0 Å². The molecule has 2 unspecified atom stereocenters. The standard InChI is InChI=1S/C25H36N2O2/c1-18-6-8-20(9-7-18)26-13-10-21(11-14-26)27-24-5-3-2-4-22(24)23(25(27)28)16-19-12-15-29-17-19/h2-5,18-21,23H,6-17H2,1H3. The van der Waals surface area contributed by atoms with Gasteiger partial charge in [-0.3, -0.25) is 4.79 Å². The molecule has 1 aromatic rings. The van der Waals surface area contributed by atoms with Crippen LogP contribution in [0.4, 0.5) is 5.69 Å². The molecule has 0 radical (unpaired) electrons. The molecule has 4 heteroatoms. The maximum Gasteiger partial charge on any atom is 0.234 e. The lowest BCUT2D eigenvalue weighted by atomic mass is 9.85. The van der Waals surface area contributed by atoms with Crippen LogP contribution in [0.5, 0.6) is 0 Å². The Morgan fingerprint density at radius 2 is 1.72 bits per heavy atom. The van der Waals surface area contributed by atoms with Gasteiger partial charge in [-0.25, -0.2) is 0 Å². The van der Waals surface area contributed by atoms with E-state index in [-0.39, 0.29) is 5.92 Å². The van der Waals surface area contributed by atoms with E-state index in [1.165, 1.54) is 36.9 Å². The molecule has 3 fully saturated rings. The molecule has 4 aliphatic rings. The second kappa shape index (κ2) is 8.39. The third-order valence-corrected chi connectivity index (χ3v) is 8.07. The summed E-state index contributed by atoms with van der Waals surface area (Å²) in [6.07, 6.45) is 9.78. The van der Waals surface area contributed by atoms with Gasteiger partial charge in [0.2, 0.25) is 5.91 Å². The Kier molecular flexibility index (Phi) is 5.66. The highest BCUT2D eigenvalue weighted by atomic mass is 16.5. The molecule has 2 atom stereocenters. The first-order valence-electron chi connectivity index (χ1n) is 11.9. The van der Waals surface area contributed by atoms with E-state index in [9.17, 15) is 4.79 Å². The second-order valence-corrected chi connectivity index (χ2v) is 9.97. The Labute approximate surface area is 175 Å². The van der Waals surface area contributed by atoms with Gasteiger partial charge in [0.25, 0.3) is 0 Å². The highest BCUT2D eigenvalue weighted by Gasteiger charge is 2.42. The van der Waals surface area contributed by atoms with Crippen LogP contribution in [-0.4, -0.2) is 49.2 Å². The molecule has 3 heterocycles. The Hall–Kier alpha value is -1.39.